The van der Waals surface area contributed by atoms with Gasteiger partial charge in [-0.15, -0.1) is 0 Å². The van der Waals surface area contributed by atoms with Crippen LogP contribution in [0.2, 0.25) is 0 Å². The summed E-state index contributed by atoms with van der Waals surface area (Å²) in [6, 6.07) is 22.2. The summed E-state index contributed by atoms with van der Waals surface area (Å²) in [7, 11) is 0. The smallest absolute Gasteiger partial charge is 0.203 e. The number of halogens is 1. The van der Waals surface area contributed by atoms with Crippen molar-refractivity contribution < 1.29 is 22.3 Å². The number of ether oxygens (including phenoxy) is 1. The van der Waals surface area contributed by atoms with Crippen LogP contribution in [0.15, 0.2) is 66.7 Å². The van der Waals surface area contributed by atoms with E-state index in [2.05, 4.69) is 18.2 Å². The molecule has 0 spiro atoms. The monoisotopic (exact) mass is 382 g/mol. The predicted molar refractivity (Wildman–Crippen MR) is 102 cm³/mol. The van der Waals surface area contributed by atoms with Gasteiger partial charge in [-0.1, -0.05) is 42.5 Å². The third-order valence-electron chi connectivity index (χ3n) is 4.60. The molecule has 0 saturated carbocycles. The number of hydrogen-bond acceptors (Lipinski definition) is 3. The molecule has 0 aliphatic heterocycles. The Labute approximate surface area is 163 Å². The van der Waals surface area contributed by atoms with Crippen molar-refractivity contribution in [1.29, 1.82) is 5.41 Å². The van der Waals surface area contributed by atoms with Gasteiger partial charge in [-0.2, -0.15) is 0 Å². The largest absolute Gasteiger partial charge is 1.00 e. The van der Waals surface area contributed by atoms with Gasteiger partial charge in [0.25, 0.3) is 0 Å². The molecule has 5 nitrogen and oxygen atoms in total. The van der Waals surface area contributed by atoms with Gasteiger partial charge in [0.15, 0.2) is 0 Å². The average molecular weight is 383 g/mol. The highest BCUT2D eigenvalue weighted by Gasteiger charge is 2.10. The Kier molecular flexibility index (Phi) is 5.84. The molecule has 1 heterocycles. The number of benzene rings is 3. The number of nitrogens with zero attached hydrogens (tertiary/aromatic N) is 2. The first-order valence-corrected chi connectivity index (χ1v) is 8.73. The summed E-state index contributed by atoms with van der Waals surface area (Å²) in [5.41, 5.74) is 2.31. The van der Waals surface area contributed by atoms with Crippen molar-refractivity contribution in [3.8, 4) is 5.75 Å². The molecule has 0 aliphatic rings. The molecule has 27 heavy (non-hydrogen) atoms. The van der Waals surface area contributed by atoms with Crippen LogP contribution >= 0.6 is 0 Å². The topological polar surface area (TPSA) is 63.2 Å². The first-order valence-electron chi connectivity index (χ1n) is 8.73. The lowest BCUT2D eigenvalue weighted by molar-refractivity contribution is -0.00000695. The van der Waals surface area contributed by atoms with Crippen LogP contribution in [-0.2, 0) is 13.1 Å². The molecule has 0 aliphatic carbocycles. The highest BCUT2D eigenvalue weighted by atomic mass is 35.5. The fourth-order valence-corrected chi connectivity index (χ4v) is 3.36. The third kappa shape index (κ3) is 3.70. The summed E-state index contributed by atoms with van der Waals surface area (Å²) < 4.78 is 9.68. The van der Waals surface area contributed by atoms with E-state index in [-0.39, 0.29) is 19.0 Å². The molecule has 0 bridgehead atoms. The van der Waals surface area contributed by atoms with Crippen LogP contribution in [-0.4, -0.2) is 27.5 Å². The number of imidazole rings is 1. The molecule has 140 valence electrons. The molecule has 1 aromatic heterocycles. The van der Waals surface area contributed by atoms with Gasteiger partial charge in [-0.3, -0.25) is 5.41 Å². The van der Waals surface area contributed by atoms with Crippen molar-refractivity contribution in [2.45, 2.75) is 13.1 Å². The summed E-state index contributed by atoms with van der Waals surface area (Å²) in [5, 5.41) is 20.1. The molecular formula is C21H21ClN3O2-. The van der Waals surface area contributed by atoms with Gasteiger partial charge in [-0.05, 0) is 35.0 Å². The Morgan fingerprint density at radius 2 is 1.44 bits per heavy atom. The van der Waals surface area contributed by atoms with Crippen LogP contribution in [0.25, 0.3) is 21.8 Å². The molecule has 0 atom stereocenters. The maximum atomic E-state index is 9.29. The van der Waals surface area contributed by atoms with Gasteiger partial charge >= 0.3 is 0 Å². The summed E-state index contributed by atoms with van der Waals surface area (Å²) in [4.78, 5) is 0. The second kappa shape index (κ2) is 8.29. The number of aromatic nitrogens is 2. The number of para-hydroxylation sites is 2. The van der Waals surface area contributed by atoms with E-state index < -0.39 is 0 Å². The van der Waals surface area contributed by atoms with Gasteiger partial charge in [0.1, 0.15) is 12.4 Å². The summed E-state index contributed by atoms with van der Waals surface area (Å²) in [6.45, 7) is 1.47. The molecular weight excluding hydrogens is 362 g/mol. The normalized spacial score (nSPS) is 10.9. The van der Waals surface area contributed by atoms with E-state index in [0.717, 1.165) is 22.2 Å². The van der Waals surface area contributed by atoms with Crippen molar-refractivity contribution in [3.63, 3.8) is 0 Å². The zero-order chi connectivity index (χ0) is 17.9. The van der Waals surface area contributed by atoms with Crippen molar-refractivity contribution >= 4 is 21.8 Å². The molecule has 3 aromatic carbocycles. The number of hydrogen-bond donors (Lipinski definition) is 2. The average Bonchev–Trinajstić information content (AvgIpc) is 2.94. The molecule has 2 N–H and O–H groups in total. The summed E-state index contributed by atoms with van der Waals surface area (Å²) in [5.74, 6) is 0.829. The lowest BCUT2D eigenvalue weighted by atomic mass is 10.1. The molecule has 4 rings (SSSR count). The van der Waals surface area contributed by atoms with Gasteiger partial charge in [-0.25, -0.2) is 0 Å². The summed E-state index contributed by atoms with van der Waals surface area (Å²) >= 11 is 0. The molecule has 0 unspecified atom stereocenters. The van der Waals surface area contributed by atoms with Gasteiger partial charge in [0.2, 0.25) is 5.62 Å². The molecule has 6 heteroatoms. The fraction of sp³-hybridized carbons (Fsp3) is 0.190. The van der Waals surface area contributed by atoms with Crippen molar-refractivity contribution in [1.82, 2.24) is 9.13 Å². The van der Waals surface area contributed by atoms with E-state index in [4.69, 9.17) is 10.1 Å². The predicted octanol–water partition coefficient (Wildman–Crippen LogP) is 0.151. The SMILES string of the molecule is N=c1n(CCO)c2ccccc2n1CCOc1ccc2ccccc2c1.[Cl-]. The number of aliphatic hydroxyl groups excluding tert-OH is 1. The van der Waals surface area contributed by atoms with E-state index in [1.807, 2.05) is 57.7 Å². The minimum Gasteiger partial charge on any atom is -1.00 e. The maximum absolute atomic E-state index is 9.29. The van der Waals surface area contributed by atoms with Crippen LogP contribution in [0.5, 0.6) is 5.75 Å². The van der Waals surface area contributed by atoms with Crippen LogP contribution in [0.3, 0.4) is 0 Å². The quantitative estimate of drug-likeness (QED) is 0.498. The number of aliphatic hydroxyl groups is 1. The zero-order valence-corrected chi connectivity index (χ0v) is 15.6. The van der Waals surface area contributed by atoms with E-state index in [0.29, 0.717) is 25.3 Å². The first-order chi connectivity index (χ1) is 12.8. The molecule has 4 aromatic rings. The molecule has 0 radical (unpaired) electrons. The van der Waals surface area contributed by atoms with E-state index in [9.17, 15) is 5.11 Å². The third-order valence-corrected chi connectivity index (χ3v) is 4.60. The Morgan fingerprint density at radius 1 is 0.815 bits per heavy atom. The Hall–Kier alpha value is -2.76. The van der Waals surface area contributed by atoms with Crippen LogP contribution in [0.4, 0.5) is 0 Å². The Morgan fingerprint density at radius 3 is 2.15 bits per heavy atom. The number of rotatable bonds is 6. The summed E-state index contributed by atoms with van der Waals surface area (Å²) in [6.07, 6.45) is 0. The minimum atomic E-state index is 0. The Balaban J connectivity index is 0.00000210. The zero-order valence-electron chi connectivity index (χ0n) is 14.8. The number of fused-ring (bicyclic) bond motifs is 2. The van der Waals surface area contributed by atoms with Crippen molar-refractivity contribution in [2.75, 3.05) is 13.2 Å². The van der Waals surface area contributed by atoms with Crippen LogP contribution < -0.4 is 22.8 Å². The highest BCUT2D eigenvalue weighted by Crippen LogP contribution is 2.20. The lowest BCUT2D eigenvalue weighted by Gasteiger charge is -2.09. The fourth-order valence-electron chi connectivity index (χ4n) is 3.36. The molecule has 0 amide bonds. The van der Waals surface area contributed by atoms with Crippen LogP contribution in [0.1, 0.15) is 0 Å². The van der Waals surface area contributed by atoms with Crippen molar-refractivity contribution in [2.24, 2.45) is 0 Å². The standard InChI is InChI=1S/C21H21N3O2.ClH/c22-21-23(11-13-25)19-7-3-4-8-20(19)24(21)12-14-26-18-10-9-16-5-1-2-6-17(16)15-18;/h1-10,15,22,25H,11-14H2;1H/p-1. The van der Waals surface area contributed by atoms with Gasteiger partial charge in [0.05, 0.1) is 24.2 Å². The second-order valence-corrected chi connectivity index (χ2v) is 6.20. The molecule has 0 fully saturated rings. The van der Waals surface area contributed by atoms with E-state index >= 15 is 0 Å². The lowest BCUT2D eigenvalue weighted by Crippen LogP contribution is -3.00. The van der Waals surface area contributed by atoms with Crippen molar-refractivity contribution in [3.05, 3.63) is 72.3 Å². The van der Waals surface area contributed by atoms with Gasteiger partial charge < -0.3 is 31.4 Å². The minimum absolute atomic E-state index is 0. The van der Waals surface area contributed by atoms with E-state index in [1.165, 1.54) is 5.39 Å². The second-order valence-electron chi connectivity index (χ2n) is 6.20. The maximum Gasteiger partial charge on any atom is 0.203 e. The van der Waals surface area contributed by atoms with Gasteiger partial charge in [0, 0.05) is 6.54 Å². The van der Waals surface area contributed by atoms with E-state index in [1.54, 1.807) is 0 Å². The Bertz CT molecular complexity index is 1120. The highest BCUT2D eigenvalue weighted by molar-refractivity contribution is 5.83. The molecule has 0 saturated heterocycles. The van der Waals surface area contributed by atoms with Crippen LogP contribution in [0, 0.1) is 5.41 Å². The first kappa shape index (κ1) is 19.0. The number of nitrogens with one attached hydrogen (secondary N) is 1.